The number of H-pyrrole nitrogens is 1. The topological polar surface area (TPSA) is 101 Å². The molecule has 0 aliphatic heterocycles. The lowest BCUT2D eigenvalue weighted by Crippen LogP contribution is -2.24. The quantitative estimate of drug-likeness (QED) is 0.529. The number of aromatic amines is 1. The third-order valence-electron chi connectivity index (χ3n) is 3.40. The highest BCUT2D eigenvalue weighted by atomic mass is 79.9. The summed E-state index contributed by atoms with van der Waals surface area (Å²) in [6, 6.07) is 3.67. The van der Waals surface area contributed by atoms with Crippen LogP contribution in [-0.2, 0) is 5.41 Å². The molecule has 2 N–H and O–H groups in total. The molecule has 0 atom stereocenters. The van der Waals surface area contributed by atoms with Crippen molar-refractivity contribution in [1.82, 2.24) is 15.2 Å². The molecule has 8 nitrogen and oxygen atoms in total. The van der Waals surface area contributed by atoms with Crippen LogP contribution in [0.5, 0.6) is 11.5 Å². The highest BCUT2D eigenvalue weighted by molar-refractivity contribution is 9.10. The summed E-state index contributed by atoms with van der Waals surface area (Å²) in [5, 5.41) is 10.6. The molecule has 0 amide bonds. The second-order valence-corrected chi connectivity index (χ2v) is 8.01. The number of ether oxygens (including phenoxy) is 2. The molecule has 0 saturated heterocycles. The number of hydrazone groups is 1. The van der Waals surface area contributed by atoms with Crippen LogP contribution in [0.2, 0.25) is 0 Å². The molecule has 1 aromatic heterocycles. The van der Waals surface area contributed by atoms with Gasteiger partial charge in [-0.05, 0) is 47.5 Å². The fraction of sp³-hybridized carbons (Fsp3) is 0.444. The van der Waals surface area contributed by atoms with Crippen LogP contribution in [0.3, 0.4) is 0 Å². The average Bonchev–Trinajstić information content (AvgIpc) is 2.55. The van der Waals surface area contributed by atoms with Crippen LogP contribution >= 0.6 is 15.9 Å². The summed E-state index contributed by atoms with van der Waals surface area (Å²) < 4.78 is 11.9. The van der Waals surface area contributed by atoms with Crippen LogP contribution in [0.25, 0.3) is 0 Å². The van der Waals surface area contributed by atoms with E-state index in [9.17, 15) is 4.79 Å². The van der Waals surface area contributed by atoms with E-state index in [-0.39, 0.29) is 11.5 Å². The standard InChI is InChI=1S/C18H24BrN5O3/c1-10(2)27-14-12(19)7-11(8-13(14)26-6)9-20-23-16-15(18(3,4)5)22-24-17(25)21-16/h7-10H,1-6H3,(H2,21,23,24,25)/b20-9+. The van der Waals surface area contributed by atoms with Gasteiger partial charge in [0, 0.05) is 5.41 Å². The first-order chi connectivity index (χ1) is 12.6. The number of hydrogen-bond acceptors (Lipinski definition) is 7. The zero-order chi connectivity index (χ0) is 20.2. The number of aromatic nitrogens is 3. The summed E-state index contributed by atoms with van der Waals surface area (Å²) in [6.45, 7) is 9.81. The van der Waals surface area contributed by atoms with Crippen LogP contribution in [0.4, 0.5) is 5.82 Å². The lowest BCUT2D eigenvalue weighted by molar-refractivity contribution is 0.228. The van der Waals surface area contributed by atoms with Crippen molar-refractivity contribution in [3.63, 3.8) is 0 Å². The largest absolute Gasteiger partial charge is 0.493 e. The maximum absolute atomic E-state index is 11.5. The first-order valence-electron chi connectivity index (χ1n) is 8.42. The van der Waals surface area contributed by atoms with E-state index in [1.165, 1.54) is 0 Å². The first kappa shape index (κ1) is 20.9. The number of anilines is 1. The molecule has 1 aromatic carbocycles. The van der Waals surface area contributed by atoms with Gasteiger partial charge >= 0.3 is 5.69 Å². The SMILES string of the molecule is COc1cc(/C=N/Nc2nc(=O)[nH]nc2C(C)(C)C)cc(Br)c1OC(C)C. The molecule has 9 heteroatoms. The fourth-order valence-electron chi connectivity index (χ4n) is 2.27. The van der Waals surface area contributed by atoms with Gasteiger partial charge in [-0.1, -0.05) is 20.8 Å². The maximum atomic E-state index is 11.5. The Bertz CT molecular complexity index is 888. The number of methoxy groups -OCH3 is 1. The molecule has 0 aliphatic carbocycles. The lowest BCUT2D eigenvalue weighted by atomic mass is 9.92. The lowest BCUT2D eigenvalue weighted by Gasteiger charge is -2.18. The zero-order valence-corrected chi connectivity index (χ0v) is 17.8. The molecule has 0 unspecified atom stereocenters. The number of rotatable bonds is 6. The van der Waals surface area contributed by atoms with E-state index in [1.54, 1.807) is 13.3 Å². The number of nitrogens with one attached hydrogen (secondary N) is 2. The third-order valence-corrected chi connectivity index (χ3v) is 3.99. The summed E-state index contributed by atoms with van der Waals surface area (Å²) in [5.74, 6) is 1.53. The Balaban J connectivity index is 2.28. The van der Waals surface area contributed by atoms with Crippen LogP contribution in [-0.4, -0.2) is 34.6 Å². The summed E-state index contributed by atoms with van der Waals surface area (Å²) in [7, 11) is 1.58. The van der Waals surface area contributed by atoms with Crippen LogP contribution in [0.15, 0.2) is 26.5 Å². The van der Waals surface area contributed by atoms with Gasteiger partial charge in [-0.15, -0.1) is 0 Å². The van der Waals surface area contributed by atoms with Gasteiger partial charge in [0.1, 0.15) is 5.69 Å². The second kappa shape index (κ2) is 8.51. The molecule has 1 heterocycles. The van der Waals surface area contributed by atoms with Gasteiger partial charge in [-0.25, -0.2) is 9.89 Å². The highest BCUT2D eigenvalue weighted by Crippen LogP contribution is 2.37. The van der Waals surface area contributed by atoms with Crippen LogP contribution < -0.4 is 20.6 Å². The third kappa shape index (κ3) is 5.53. The van der Waals surface area contributed by atoms with Gasteiger partial charge in [0.15, 0.2) is 17.3 Å². The predicted molar refractivity (Wildman–Crippen MR) is 109 cm³/mol. The molecule has 0 fully saturated rings. The van der Waals surface area contributed by atoms with Crippen molar-refractivity contribution in [2.45, 2.75) is 46.1 Å². The number of hydrogen-bond donors (Lipinski definition) is 2. The Morgan fingerprint density at radius 1 is 1.33 bits per heavy atom. The summed E-state index contributed by atoms with van der Waals surface area (Å²) >= 11 is 3.50. The number of nitrogens with zero attached hydrogens (tertiary/aromatic N) is 3. The normalized spacial score (nSPS) is 11.9. The monoisotopic (exact) mass is 437 g/mol. The summed E-state index contributed by atoms with van der Waals surface area (Å²) in [5.41, 5.74) is 3.34. The van der Waals surface area contributed by atoms with Gasteiger partial charge in [-0.2, -0.15) is 15.2 Å². The highest BCUT2D eigenvalue weighted by Gasteiger charge is 2.21. The molecule has 0 bridgehead atoms. The second-order valence-electron chi connectivity index (χ2n) is 7.16. The van der Waals surface area contributed by atoms with E-state index in [0.717, 1.165) is 10.0 Å². The van der Waals surface area contributed by atoms with Crippen molar-refractivity contribution >= 4 is 28.0 Å². The summed E-state index contributed by atoms with van der Waals surface area (Å²) in [4.78, 5) is 15.4. The fourth-order valence-corrected chi connectivity index (χ4v) is 2.82. The molecule has 2 aromatic rings. The number of benzene rings is 1. The molecule has 27 heavy (non-hydrogen) atoms. The Morgan fingerprint density at radius 2 is 2.04 bits per heavy atom. The molecular weight excluding hydrogens is 414 g/mol. The van der Waals surface area contributed by atoms with Crippen LogP contribution in [0.1, 0.15) is 45.9 Å². The van der Waals surface area contributed by atoms with Gasteiger partial charge in [0.2, 0.25) is 0 Å². The smallest absolute Gasteiger partial charge is 0.363 e. The molecule has 0 aliphatic rings. The summed E-state index contributed by atoms with van der Waals surface area (Å²) in [6.07, 6.45) is 1.61. The van der Waals surface area contributed by atoms with Crippen molar-refractivity contribution in [3.8, 4) is 11.5 Å². The van der Waals surface area contributed by atoms with Gasteiger partial charge in [0.05, 0.1) is 23.9 Å². The van der Waals surface area contributed by atoms with E-state index < -0.39 is 5.69 Å². The van der Waals surface area contributed by atoms with E-state index in [1.807, 2.05) is 46.8 Å². The van der Waals surface area contributed by atoms with E-state index in [4.69, 9.17) is 9.47 Å². The van der Waals surface area contributed by atoms with Crippen LogP contribution in [0, 0.1) is 0 Å². The Hall–Kier alpha value is -2.42. The van der Waals surface area contributed by atoms with Crippen molar-refractivity contribution in [3.05, 3.63) is 38.3 Å². The van der Waals surface area contributed by atoms with E-state index in [2.05, 4.69) is 41.6 Å². The van der Waals surface area contributed by atoms with Gasteiger partial charge in [-0.3, -0.25) is 5.43 Å². The predicted octanol–water partition coefficient (Wildman–Crippen LogP) is 3.47. The van der Waals surface area contributed by atoms with Crippen molar-refractivity contribution in [2.24, 2.45) is 5.10 Å². The van der Waals surface area contributed by atoms with Crippen molar-refractivity contribution in [1.29, 1.82) is 0 Å². The Labute approximate surface area is 166 Å². The minimum Gasteiger partial charge on any atom is -0.493 e. The zero-order valence-electron chi connectivity index (χ0n) is 16.3. The Kier molecular flexibility index (Phi) is 6.59. The number of halogens is 1. The van der Waals surface area contributed by atoms with Crippen molar-refractivity contribution in [2.75, 3.05) is 12.5 Å². The molecule has 146 valence electrons. The first-order valence-corrected chi connectivity index (χ1v) is 9.21. The minimum absolute atomic E-state index is 0.0157. The molecule has 0 saturated carbocycles. The van der Waals surface area contributed by atoms with Gasteiger partial charge in [0.25, 0.3) is 0 Å². The Morgan fingerprint density at radius 3 is 2.63 bits per heavy atom. The molecule has 0 spiro atoms. The maximum Gasteiger partial charge on any atom is 0.363 e. The average molecular weight is 438 g/mol. The molecular formula is C18H24BrN5O3. The van der Waals surface area contributed by atoms with Gasteiger partial charge < -0.3 is 9.47 Å². The molecule has 2 rings (SSSR count). The minimum atomic E-state index is -0.541. The van der Waals surface area contributed by atoms with E-state index >= 15 is 0 Å². The van der Waals surface area contributed by atoms with Crippen molar-refractivity contribution < 1.29 is 9.47 Å². The molecule has 0 radical (unpaired) electrons. The van der Waals surface area contributed by atoms with E-state index in [0.29, 0.717) is 23.0 Å².